The van der Waals surface area contributed by atoms with Gasteiger partial charge in [0, 0.05) is 30.2 Å². The standard InChI is InChI=1S/C15H18N2O4S2/c1-15(2,23-22-11-5-3-4-10-16-11)9-8-14(20)21-17-12(18)6-7-13(17)19/h3-5,10H,6-9H2,1-2H3. The van der Waals surface area contributed by atoms with Gasteiger partial charge in [-0.05, 0) is 43.2 Å². The van der Waals surface area contributed by atoms with E-state index in [0.29, 0.717) is 11.5 Å². The van der Waals surface area contributed by atoms with E-state index in [1.54, 1.807) is 27.8 Å². The van der Waals surface area contributed by atoms with Gasteiger partial charge in [-0.2, -0.15) is 0 Å². The molecule has 23 heavy (non-hydrogen) atoms. The Hall–Kier alpha value is -1.54. The van der Waals surface area contributed by atoms with Crippen LogP contribution in [-0.2, 0) is 19.2 Å². The molecule has 1 aromatic rings. The molecule has 0 atom stereocenters. The van der Waals surface area contributed by atoms with Crippen molar-refractivity contribution in [2.24, 2.45) is 0 Å². The smallest absolute Gasteiger partial charge is 0.330 e. The number of hydrogen-bond donors (Lipinski definition) is 0. The van der Waals surface area contributed by atoms with Gasteiger partial charge in [0.25, 0.3) is 11.8 Å². The zero-order chi connectivity index (χ0) is 16.9. The van der Waals surface area contributed by atoms with E-state index in [2.05, 4.69) is 4.98 Å². The molecule has 0 radical (unpaired) electrons. The largest absolute Gasteiger partial charge is 0.333 e. The predicted octanol–water partition coefficient (Wildman–Crippen LogP) is 2.99. The highest BCUT2D eigenvalue weighted by atomic mass is 33.1. The minimum Gasteiger partial charge on any atom is -0.330 e. The Morgan fingerprint density at radius 2 is 2.00 bits per heavy atom. The molecule has 0 bridgehead atoms. The van der Waals surface area contributed by atoms with Gasteiger partial charge in [0.05, 0.1) is 0 Å². The molecule has 0 unspecified atom stereocenters. The van der Waals surface area contributed by atoms with E-state index in [-0.39, 0.29) is 24.0 Å². The normalized spacial score (nSPS) is 15.1. The molecule has 124 valence electrons. The average molecular weight is 354 g/mol. The molecular weight excluding hydrogens is 336 g/mol. The molecule has 1 aliphatic rings. The number of nitrogens with zero attached hydrogens (tertiary/aromatic N) is 2. The first kappa shape index (κ1) is 17.8. The second kappa shape index (κ2) is 7.83. The van der Waals surface area contributed by atoms with E-state index >= 15 is 0 Å². The zero-order valence-electron chi connectivity index (χ0n) is 13.0. The number of carbonyl (C=O) groups is 3. The lowest BCUT2D eigenvalue weighted by Gasteiger charge is -2.22. The summed E-state index contributed by atoms with van der Waals surface area (Å²) in [6, 6.07) is 5.70. The number of aromatic nitrogens is 1. The van der Waals surface area contributed by atoms with Gasteiger partial charge in [-0.3, -0.25) is 9.59 Å². The van der Waals surface area contributed by atoms with Crippen molar-refractivity contribution < 1.29 is 19.2 Å². The molecule has 0 saturated carbocycles. The summed E-state index contributed by atoms with van der Waals surface area (Å²) in [5.41, 5.74) is 0. The SMILES string of the molecule is CC(C)(CCC(=O)ON1C(=O)CCC1=O)SSc1ccccn1. The van der Waals surface area contributed by atoms with Gasteiger partial charge in [0.1, 0.15) is 5.03 Å². The number of rotatable bonds is 7. The molecule has 2 heterocycles. The van der Waals surface area contributed by atoms with Crippen molar-refractivity contribution in [1.82, 2.24) is 10.0 Å². The Balaban J connectivity index is 1.76. The van der Waals surface area contributed by atoms with Crippen molar-refractivity contribution in [3.8, 4) is 0 Å². The van der Waals surface area contributed by atoms with Crippen LogP contribution in [0.3, 0.4) is 0 Å². The lowest BCUT2D eigenvalue weighted by molar-refractivity contribution is -0.197. The maximum atomic E-state index is 11.8. The van der Waals surface area contributed by atoms with E-state index in [1.807, 2.05) is 32.0 Å². The van der Waals surface area contributed by atoms with Crippen LogP contribution < -0.4 is 0 Å². The Kier molecular flexibility index (Phi) is 6.06. The molecule has 8 heteroatoms. The Morgan fingerprint density at radius 3 is 2.61 bits per heavy atom. The van der Waals surface area contributed by atoms with Crippen LogP contribution in [0.15, 0.2) is 29.4 Å². The summed E-state index contributed by atoms with van der Waals surface area (Å²) in [7, 11) is 3.16. The minimum absolute atomic E-state index is 0.105. The van der Waals surface area contributed by atoms with E-state index in [9.17, 15) is 14.4 Å². The van der Waals surface area contributed by atoms with Crippen LogP contribution in [0.4, 0.5) is 0 Å². The first-order valence-corrected chi connectivity index (χ1v) is 9.36. The fourth-order valence-corrected chi connectivity index (χ4v) is 4.02. The van der Waals surface area contributed by atoms with Gasteiger partial charge < -0.3 is 4.84 Å². The monoisotopic (exact) mass is 354 g/mol. The van der Waals surface area contributed by atoms with Crippen LogP contribution in [0.25, 0.3) is 0 Å². The van der Waals surface area contributed by atoms with Crippen LogP contribution in [0.5, 0.6) is 0 Å². The second-order valence-corrected chi connectivity index (χ2v) is 8.50. The molecule has 0 aliphatic carbocycles. The average Bonchev–Trinajstić information content (AvgIpc) is 2.84. The molecule has 1 aliphatic heterocycles. The minimum atomic E-state index is -0.565. The third-order valence-corrected chi connectivity index (χ3v) is 6.39. The highest BCUT2D eigenvalue weighted by Gasteiger charge is 2.33. The molecular formula is C15H18N2O4S2. The number of hydroxylamine groups is 2. The predicted molar refractivity (Wildman–Crippen MR) is 88.2 cm³/mol. The molecule has 1 saturated heterocycles. The van der Waals surface area contributed by atoms with Crippen molar-refractivity contribution in [3.05, 3.63) is 24.4 Å². The molecule has 2 rings (SSSR count). The highest BCUT2D eigenvalue weighted by molar-refractivity contribution is 8.77. The van der Waals surface area contributed by atoms with Gasteiger partial charge in [-0.25, -0.2) is 9.78 Å². The highest BCUT2D eigenvalue weighted by Crippen LogP contribution is 2.42. The Morgan fingerprint density at radius 1 is 1.30 bits per heavy atom. The van der Waals surface area contributed by atoms with Gasteiger partial charge in [0.15, 0.2) is 0 Å². The maximum absolute atomic E-state index is 11.8. The lowest BCUT2D eigenvalue weighted by atomic mass is 10.1. The first-order chi connectivity index (χ1) is 10.9. The van der Waals surface area contributed by atoms with Crippen LogP contribution in [-0.4, -0.2) is 32.6 Å². The summed E-state index contributed by atoms with van der Waals surface area (Å²) < 4.78 is -0.180. The van der Waals surface area contributed by atoms with Crippen molar-refractivity contribution in [2.45, 2.75) is 49.3 Å². The topological polar surface area (TPSA) is 76.6 Å². The van der Waals surface area contributed by atoms with E-state index in [4.69, 9.17) is 4.84 Å². The summed E-state index contributed by atoms with van der Waals surface area (Å²) in [6.07, 6.45) is 2.64. The van der Waals surface area contributed by atoms with Gasteiger partial charge in [-0.1, -0.05) is 16.9 Å². The molecule has 2 amide bonds. The first-order valence-electron chi connectivity index (χ1n) is 7.21. The van der Waals surface area contributed by atoms with Gasteiger partial charge >= 0.3 is 5.97 Å². The molecule has 6 nitrogen and oxygen atoms in total. The quantitative estimate of drug-likeness (QED) is 0.550. The Labute approximate surface area is 142 Å². The zero-order valence-corrected chi connectivity index (χ0v) is 14.6. The summed E-state index contributed by atoms with van der Waals surface area (Å²) >= 11 is 0. The van der Waals surface area contributed by atoms with Crippen LogP contribution in [0.2, 0.25) is 0 Å². The fourth-order valence-electron chi connectivity index (χ4n) is 1.80. The number of amides is 2. The van der Waals surface area contributed by atoms with E-state index < -0.39 is 17.8 Å². The second-order valence-electron chi connectivity index (χ2n) is 5.64. The van der Waals surface area contributed by atoms with Crippen LogP contribution >= 0.6 is 21.6 Å². The summed E-state index contributed by atoms with van der Waals surface area (Å²) in [6.45, 7) is 4.04. The summed E-state index contributed by atoms with van der Waals surface area (Å²) in [5, 5.41) is 1.49. The maximum Gasteiger partial charge on any atom is 0.333 e. The number of hydrogen-bond acceptors (Lipinski definition) is 7. The lowest BCUT2D eigenvalue weighted by Crippen LogP contribution is -2.32. The third kappa shape index (κ3) is 5.54. The third-order valence-electron chi connectivity index (χ3n) is 3.12. The van der Waals surface area contributed by atoms with E-state index in [0.717, 1.165) is 5.03 Å². The number of imide groups is 1. The molecule has 0 aromatic carbocycles. The molecule has 1 fully saturated rings. The van der Waals surface area contributed by atoms with Crippen LogP contribution in [0.1, 0.15) is 39.5 Å². The molecule has 0 spiro atoms. The number of pyridine rings is 1. The van der Waals surface area contributed by atoms with Crippen molar-refractivity contribution in [2.75, 3.05) is 0 Å². The molecule has 1 aromatic heterocycles. The van der Waals surface area contributed by atoms with E-state index in [1.165, 1.54) is 0 Å². The number of carbonyl (C=O) groups excluding carboxylic acids is 3. The molecule has 0 N–H and O–H groups in total. The fraction of sp³-hybridized carbons (Fsp3) is 0.467. The van der Waals surface area contributed by atoms with Gasteiger partial charge in [0.2, 0.25) is 0 Å². The summed E-state index contributed by atoms with van der Waals surface area (Å²) in [4.78, 5) is 43.7. The van der Waals surface area contributed by atoms with Crippen LogP contribution in [0, 0.1) is 0 Å². The Bertz CT molecular complexity index is 576. The van der Waals surface area contributed by atoms with Crippen molar-refractivity contribution in [3.63, 3.8) is 0 Å². The van der Waals surface area contributed by atoms with Crippen molar-refractivity contribution in [1.29, 1.82) is 0 Å². The van der Waals surface area contributed by atoms with Crippen molar-refractivity contribution >= 4 is 39.4 Å². The van der Waals surface area contributed by atoms with Gasteiger partial charge in [-0.15, -0.1) is 5.06 Å². The summed E-state index contributed by atoms with van der Waals surface area (Å²) in [5.74, 6) is -1.48.